The topological polar surface area (TPSA) is 44.8 Å². The summed E-state index contributed by atoms with van der Waals surface area (Å²) in [6.07, 6.45) is 0. The van der Waals surface area contributed by atoms with E-state index in [1.54, 1.807) is 13.2 Å². The van der Waals surface area contributed by atoms with Crippen molar-refractivity contribution in [3.63, 3.8) is 0 Å². The Bertz CT molecular complexity index is 360. The van der Waals surface area contributed by atoms with Crippen LogP contribution < -0.4 is 0 Å². The van der Waals surface area contributed by atoms with Gasteiger partial charge < -0.3 is 4.74 Å². The first-order chi connectivity index (χ1) is 7.65. The summed E-state index contributed by atoms with van der Waals surface area (Å²) in [5.74, 6) is -0.478. The Morgan fingerprint density at radius 3 is 2.62 bits per heavy atom. The van der Waals surface area contributed by atoms with Crippen LogP contribution in [-0.4, -0.2) is 26.3 Å². The number of hydrogen-bond acceptors (Lipinski definition) is 4. The van der Waals surface area contributed by atoms with Gasteiger partial charge in [-0.1, -0.05) is 17.7 Å². The predicted octanol–water partition coefficient (Wildman–Crippen LogP) is 2.04. The van der Waals surface area contributed by atoms with E-state index in [-0.39, 0.29) is 6.61 Å². The van der Waals surface area contributed by atoms with Gasteiger partial charge in [0.1, 0.15) is 6.61 Å². The monoisotopic (exact) mass is 224 g/mol. The average Bonchev–Trinajstić information content (AvgIpc) is 2.24. The Morgan fingerprint density at radius 1 is 1.25 bits per heavy atom. The molecule has 4 nitrogen and oxygen atoms in total. The summed E-state index contributed by atoms with van der Waals surface area (Å²) >= 11 is 0. The number of carbonyl (C=O) groups excluding carboxylic acids is 1. The third-order valence-corrected chi connectivity index (χ3v) is 2.11. The smallest absolute Gasteiger partial charge is 0.373 e. The summed E-state index contributed by atoms with van der Waals surface area (Å²) in [6.45, 7) is 4.45. The zero-order valence-corrected chi connectivity index (χ0v) is 9.78. The van der Waals surface area contributed by atoms with Crippen molar-refractivity contribution in [2.45, 2.75) is 13.8 Å². The van der Waals surface area contributed by atoms with E-state index in [0.717, 1.165) is 11.1 Å². The van der Waals surface area contributed by atoms with Crippen LogP contribution in [0, 0.1) is 13.8 Å². The molecule has 0 bridgehead atoms. The third-order valence-electron chi connectivity index (χ3n) is 2.11. The van der Waals surface area contributed by atoms with E-state index in [0.29, 0.717) is 12.2 Å². The highest BCUT2D eigenvalue weighted by Gasteiger charge is 2.11. The molecule has 0 aromatic heterocycles. The van der Waals surface area contributed by atoms with Gasteiger partial charge in [-0.3, -0.25) is 4.89 Å². The van der Waals surface area contributed by atoms with Crippen LogP contribution in [-0.2, 0) is 14.5 Å². The molecule has 16 heavy (non-hydrogen) atoms. The minimum atomic E-state index is -0.478. The van der Waals surface area contributed by atoms with Gasteiger partial charge in [0.05, 0.1) is 12.2 Å². The molecule has 0 fully saturated rings. The average molecular weight is 224 g/mol. The van der Waals surface area contributed by atoms with Crippen LogP contribution in [0.3, 0.4) is 0 Å². The SMILES string of the molecule is COCCOOC(=O)c1ccc(C)cc1C. The molecule has 0 N–H and O–H groups in total. The van der Waals surface area contributed by atoms with Gasteiger partial charge in [-0.2, -0.15) is 4.89 Å². The Morgan fingerprint density at radius 2 is 2.00 bits per heavy atom. The number of carbonyl (C=O) groups is 1. The van der Waals surface area contributed by atoms with Crippen molar-refractivity contribution in [2.75, 3.05) is 20.3 Å². The minimum Gasteiger partial charge on any atom is -0.382 e. The molecular weight excluding hydrogens is 208 g/mol. The van der Waals surface area contributed by atoms with Gasteiger partial charge in [0.15, 0.2) is 0 Å². The molecular formula is C12H16O4. The molecule has 0 radical (unpaired) electrons. The normalized spacial score (nSPS) is 10.2. The summed E-state index contributed by atoms with van der Waals surface area (Å²) in [5.41, 5.74) is 2.50. The lowest BCUT2D eigenvalue weighted by Gasteiger charge is -2.06. The third kappa shape index (κ3) is 3.64. The quantitative estimate of drug-likeness (QED) is 0.436. The minimum absolute atomic E-state index is 0.229. The maximum Gasteiger partial charge on any atom is 0.373 e. The molecule has 88 valence electrons. The van der Waals surface area contributed by atoms with Crippen molar-refractivity contribution in [3.05, 3.63) is 34.9 Å². The molecule has 0 saturated heterocycles. The van der Waals surface area contributed by atoms with Gasteiger partial charge in [0.25, 0.3) is 0 Å². The van der Waals surface area contributed by atoms with E-state index in [4.69, 9.17) is 9.62 Å². The van der Waals surface area contributed by atoms with Gasteiger partial charge >= 0.3 is 5.97 Å². The summed E-state index contributed by atoms with van der Waals surface area (Å²) in [7, 11) is 1.55. The zero-order valence-electron chi connectivity index (χ0n) is 9.78. The van der Waals surface area contributed by atoms with Crippen LogP contribution in [0.2, 0.25) is 0 Å². The first kappa shape index (κ1) is 12.7. The van der Waals surface area contributed by atoms with E-state index < -0.39 is 5.97 Å². The molecule has 4 heteroatoms. The highest BCUT2D eigenvalue weighted by Crippen LogP contribution is 2.11. The number of hydrogen-bond donors (Lipinski definition) is 0. The van der Waals surface area contributed by atoms with Crippen LogP contribution >= 0.6 is 0 Å². The first-order valence-corrected chi connectivity index (χ1v) is 5.05. The molecule has 0 heterocycles. The van der Waals surface area contributed by atoms with Crippen molar-refractivity contribution < 1.29 is 19.3 Å². The Balaban J connectivity index is 2.53. The Labute approximate surface area is 95.1 Å². The highest BCUT2D eigenvalue weighted by atomic mass is 17.2. The van der Waals surface area contributed by atoms with Gasteiger partial charge in [-0.05, 0) is 25.5 Å². The molecule has 1 aromatic carbocycles. The predicted molar refractivity (Wildman–Crippen MR) is 59.2 cm³/mol. The fourth-order valence-electron chi connectivity index (χ4n) is 1.30. The lowest BCUT2D eigenvalue weighted by molar-refractivity contribution is -0.246. The van der Waals surface area contributed by atoms with Crippen molar-refractivity contribution >= 4 is 5.97 Å². The van der Waals surface area contributed by atoms with Gasteiger partial charge in [0.2, 0.25) is 0 Å². The van der Waals surface area contributed by atoms with Crippen molar-refractivity contribution in [1.82, 2.24) is 0 Å². The van der Waals surface area contributed by atoms with E-state index in [2.05, 4.69) is 4.89 Å². The molecule has 0 aliphatic carbocycles. The van der Waals surface area contributed by atoms with Crippen molar-refractivity contribution in [2.24, 2.45) is 0 Å². The van der Waals surface area contributed by atoms with Crippen LogP contribution in [0.5, 0.6) is 0 Å². The maximum atomic E-state index is 11.6. The lowest BCUT2D eigenvalue weighted by atomic mass is 10.1. The van der Waals surface area contributed by atoms with Gasteiger partial charge in [-0.25, -0.2) is 4.79 Å². The van der Waals surface area contributed by atoms with E-state index >= 15 is 0 Å². The molecule has 0 unspecified atom stereocenters. The molecule has 1 rings (SSSR count). The molecule has 1 aromatic rings. The van der Waals surface area contributed by atoms with Crippen LogP contribution in [0.25, 0.3) is 0 Å². The van der Waals surface area contributed by atoms with Gasteiger partial charge in [0, 0.05) is 7.11 Å². The van der Waals surface area contributed by atoms with E-state index in [1.807, 2.05) is 26.0 Å². The molecule has 0 atom stereocenters. The molecule has 0 aliphatic rings. The number of methoxy groups -OCH3 is 1. The molecule has 0 aliphatic heterocycles. The summed E-state index contributed by atoms with van der Waals surface area (Å²) in [5, 5.41) is 0. The summed E-state index contributed by atoms with van der Waals surface area (Å²) in [6, 6.07) is 5.51. The highest BCUT2D eigenvalue weighted by molar-refractivity contribution is 5.90. The second-order valence-corrected chi connectivity index (χ2v) is 3.50. The van der Waals surface area contributed by atoms with Crippen molar-refractivity contribution in [3.8, 4) is 0 Å². The van der Waals surface area contributed by atoms with Gasteiger partial charge in [-0.15, -0.1) is 0 Å². The van der Waals surface area contributed by atoms with E-state index in [1.165, 1.54) is 0 Å². The summed E-state index contributed by atoms with van der Waals surface area (Å²) < 4.78 is 4.75. The van der Waals surface area contributed by atoms with E-state index in [9.17, 15) is 4.79 Å². The fraction of sp³-hybridized carbons (Fsp3) is 0.417. The largest absolute Gasteiger partial charge is 0.382 e. The Kier molecular flexibility index (Phi) is 4.95. The molecule has 0 saturated carbocycles. The fourth-order valence-corrected chi connectivity index (χ4v) is 1.30. The zero-order chi connectivity index (χ0) is 12.0. The molecule has 0 amide bonds. The molecule has 0 spiro atoms. The summed E-state index contributed by atoms with van der Waals surface area (Å²) in [4.78, 5) is 20.9. The maximum absolute atomic E-state index is 11.6. The Hall–Kier alpha value is -1.39. The first-order valence-electron chi connectivity index (χ1n) is 5.05. The number of ether oxygens (including phenoxy) is 1. The second kappa shape index (κ2) is 6.25. The van der Waals surface area contributed by atoms with Crippen LogP contribution in [0.15, 0.2) is 18.2 Å². The number of aryl methyl sites for hydroxylation is 2. The van der Waals surface area contributed by atoms with Crippen molar-refractivity contribution in [1.29, 1.82) is 0 Å². The van der Waals surface area contributed by atoms with Crippen LogP contribution in [0.4, 0.5) is 0 Å². The number of rotatable bonds is 5. The standard InChI is InChI=1S/C12H16O4/c1-9-4-5-11(10(2)8-9)12(13)16-15-7-6-14-3/h4-5,8H,6-7H2,1-3H3. The van der Waals surface area contributed by atoms with Crippen LogP contribution in [0.1, 0.15) is 21.5 Å². The lowest BCUT2D eigenvalue weighted by Crippen LogP contribution is -2.10. The number of benzene rings is 1. The second-order valence-electron chi connectivity index (χ2n) is 3.50.